The van der Waals surface area contributed by atoms with E-state index in [1.807, 2.05) is 6.29 Å². The third kappa shape index (κ3) is 1.20. The van der Waals surface area contributed by atoms with Crippen LogP contribution in [0.1, 0.15) is 0 Å². The Labute approximate surface area is 51.7 Å². The molecular weight excluding hydrogens is 122 g/mol. The second-order valence-corrected chi connectivity index (χ2v) is 2.31. The predicted molar refractivity (Wildman–Crippen MR) is 34.7 cm³/mol. The first-order valence-electron chi connectivity index (χ1n) is 2.15. The van der Waals surface area contributed by atoms with Gasteiger partial charge in [0.2, 0.25) is 6.29 Å². The normalized spacial score (nSPS) is 25.8. The topological polar surface area (TPSA) is 29.4 Å². The van der Waals surface area contributed by atoms with Gasteiger partial charge < -0.3 is 0 Å². The summed E-state index contributed by atoms with van der Waals surface area (Å²) in [6.45, 7) is 0. The van der Waals surface area contributed by atoms with E-state index in [0.717, 1.165) is 0 Å². The molecule has 0 N–H and O–H groups in total. The van der Waals surface area contributed by atoms with E-state index in [4.69, 9.17) is 0 Å². The molecule has 0 saturated heterocycles. The van der Waals surface area contributed by atoms with Gasteiger partial charge in [0.25, 0.3) is 0 Å². The quantitative estimate of drug-likeness (QED) is 0.519. The molecule has 1 rings (SSSR count). The highest BCUT2D eigenvalue weighted by atomic mass is 32.2. The zero-order valence-corrected chi connectivity index (χ0v) is 4.89. The molecule has 0 bridgehead atoms. The van der Waals surface area contributed by atoms with Crippen LogP contribution < -0.4 is 0 Å². The van der Waals surface area contributed by atoms with Gasteiger partial charge in [-0.1, -0.05) is 0 Å². The van der Waals surface area contributed by atoms with Crippen molar-refractivity contribution in [3.8, 4) is 0 Å². The maximum Gasteiger partial charge on any atom is 0.218 e. The van der Waals surface area contributed by atoms with E-state index in [0.29, 0.717) is 0 Å². The lowest BCUT2D eigenvalue weighted by Gasteiger charge is -1.98. The molecule has 0 aliphatic carbocycles. The zero-order valence-electron chi connectivity index (χ0n) is 4.07. The molecule has 0 aromatic carbocycles. The van der Waals surface area contributed by atoms with Crippen LogP contribution in [0.15, 0.2) is 16.6 Å². The summed E-state index contributed by atoms with van der Waals surface area (Å²) in [4.78, 5) is 13.6. The molecule has 2 nitrogen and oxygen atoms in total. The zero-order chi connectivity index (χ0) is 5.82. The van der Waals surface area contributed by atoms with Gasteiger partial charge in [-0.25, -0.2) is 0 Å². The van der Waals surface area contributed by atoms with Gasteiger partial charge in [-0.2, -0.15) is 0 Å². The number of hydrogen-bond acceptors (Lipinski definition) is 3. The highest BCUT2D eigenvalue weighted by Crippen LogP contribution is 2.11. The lowest BCUT2D eigenvalue weighted by molar-refractivity contribution is 0.558. The average Bonchev–Trinajstić information content (AvgIpc) is 1.90. The number of rotatable bonds is 1. The first-order valence-corrected chi connectivity index (χ1v) is 3.09. The monoisotopic (exact) mass is 126 g/mol. The molecule has 0 spiro atoms. The molecule has 0 aromatic rings. The molecule has 1 radical (unpaired) electrons. The summed E-state index contributed by atoms with van der Waals surface area (Å²) in [6.07, 6.45) is 5.03. The molecule has 1 heterocycles. The van der Waals surface area contributed by atoms with Crippen molar-refractivity contribution in [2.45, 2.75) is 5.25 Å². The minimum Gasteiger partial charge on any atom is -0.289 e. The Morgan fingerprint density at radius 3 is 3.00 bits per heavy atom. The maximum absolute atomic E-state index is 9.89. The van der Waals surface area contributed by atoms with Crippen LogP contribution in [0.3, 0.4) is 0 Å². The summed E-state index contributed by atoms with van der Waals surface area (Å²) in [7, 11) is 0. The van der Waals surface area contributed by atoms with Gasteiger partial charge in [0.05, 0.1) is 0 Å². The smallest absolute Gasteiger partial charge is 0.218 e. The molecule has 0 fully saturated rings. The number of aliphatic imine (C=N–C) groups is 1. The molecule has 1 atom stereocenters. The second kappa shape index (κ2) is 2.67. The molecule has 0 saturated carbocycles. The molecule has 3 heteroatoms. The Morgan fingerprint density at radius 2 is 2.62 bits per heavy atom. The molecule has 1 unspecified atom stereocenters. The van der Waals surface area contributed by atoms with Crippen molar-refractivity contribution in [3.05, 3.63) is 11.6 Å². The molecule has 1 aliphatic heterocycles. The van der Waals surface area contributed by atoms with E-state index in [1.54, 1.807) is 17.8 Å². The molecule has 0 amide bonds. The molecule has 8 heavy (non-hydrogen) atoms. The summed E-state index contributed by atoms with van der Waals surface area (Å²) >= 11 is 1.41. The lowest BCUT2D eigenvalue weighted by atomic mass is 10.5. The van der Waals surface area contributed by atoms with Gasteiger partial charge in [-0.3, -0.25) is 9.79 Å². The Bertz CT molecular complexity index is 141. The van der Waals surface area contributed by atoms with Crippen molar-refractivity contribution in [1.82, 2.24) is 0 Å². The molecule has 41 valence electrons. The lowest BCUT2D eigenvalue weighted by Crippen LogP contribution is -2.05. The van der Waals surface area contributed by atoms with Crippen LogP contribution in [-0.4, -0.2) is 17.8 Å². The summed E-state index contributed by atoms with van der Waals surface area (Å²) in [5.74, 6) is 0. The average molecular weight is 126 g/mol. The van der Waals surface area contributed by atoms with Crippen LogP contribution in [0, 0.1) is 0 Å². The van der Waals surface area contributed by atoms with Gasteiger partial charge >= 0.3 is 0 Å². The maximum atomic E-state index is 9.89. The SMILES string of the molecule is O=[C]C1C=NC=CS1. The van der Waals surface area contributed by atoms with Crippen LogP contribution in [0.2, 0.25) is 0 Å². The number of thioether (sulfide) groups is 1. The van der Waals surface area contributed by atoms with Crippen LogP contribution in [0.25, 0.3) is 0 Å². The van der Waals surface area contributed by atoms with E-state index in [2.05, 4.69) is 4.99 Å². The predicted octanol–water partition coefficient (Wildman–Crippen LogP) is 0.753. The van der Waals surface area contributed by atoms with Crippen molar-refractivity contribution in [2.24, 2.45) is 4.99 Å². The van der Waals surface area contributed by atoms with E-state index in [-0.39, 0.29) is 5.25 Å². The second-order valence-electron chi connectivity index (χ2n) is 1.26. The van der Waals surface area contributed by atoms with Gasteiger partial charge in [0.1, 0.15) is 5.25 Å². The van der Waals surface area contributed by atoms with E-state index >= 15 is 0 Å². The van der Waals surface area contributed by atoms with Crippen LogP contribution in [-0.2, 0) is 4.79 Å². The first-order chi connectivity index (χ1) is 3.93. The van der Waals surface area contributed by atoms with Gasteiger partial charge in [-0.15, -0.1) is 11.8 Å². The minimum absolute atomic E-state index is 0.181. The fraction of sp³-hybridized carbons (Fsp3) is 0.200. The van der Waals surface area contributed by atoms with E-state index < -0.39 is 0 Å². The molecular formula is C5H4NOS. The van der Waals surface area contributed by atoms with E-state index in [9.17, 15) is 4.79 Å². The Hall–Kier alpha value is -0.570. The van der Waals surface area contributed by atoms with Gasteiger partial charge in [-0.05, 0) is 5.41 Å². The largest absolute Gasteiger partial charge is 0.289 e. The summed E-state index contributed by atoms with van der Waals surface area (Å²) in [5, 5.41) is 1.59. The fourth-order valence-corrected chi connectivity index (χ4v) is 0.882. The summed E-state index contributed by atoms with van der Waals surface area (Å²) in [5.41, 5.74) is 0. The third-order valence-corrected chi connectivity index (χ3v) is 1.50. The summed E-state index contributed by atoms with van der Waals surface area (Å²) in [6, 6.07) is 0. The highest BCUT2D eigenvalue weighted by molar-refractivity contribution is 8.04. The van der Waals surface area contributed by atoms with Crippen LogP contribution in [0.4, 0.5) is 0 Å². The Kier molecular flexibility index (Phi) is 1.86. The highest BCUT2D eigenvalue weighted by Gasteiger charge is 2.03. The number of hydrogen-bond donors (Lipinski definition) is 0. The standard InChI is InChI=1S/C5H4NOS/c7-4-5-3-6-1-2-8-5/h1-3,5H. The van der Waals surface area contributed by atoms with Gasteiger partial charge in [0, 0.05) is 12.4 Å². The first kappa shape index (κ1) is 5.56. The molecule has 0 aromatic heterocycles. The summed E-state index contributed by atoms with van der Waals surface area (Å²) < 4.78 is 0. The Morgan fingerprint density at radius 1 is 1.75 bits per heavy atom. The van der Waals surface area contributed by atoms with Crippen molar-refractivity contribution < 1.29 is 4.79 Å². The number of carbonyl (C=O) groups excluding carboxylic acids is 1. The number of nitrogens with zero attached hydrogens (tertiary/aromatic N) is 1. The third-order valence-electron chi connectivity index (χ3n) is 0.710. The van der Waals surface area contributed by atoms with Crippen molar-refractivity contribution in [3.63, 3.8) is 0 Å². The van der Waals surface area contributed by atoms with Crippen molar-refractivity contribution in [1.29, 1.82) is 0 Å². The minimum atomic E-state index is -0.181. The van der Waals surface area contributed by atoms with Crippen LogP contribution >= 0.6 is 11.8 Å². The van der Waals surface area contributed by atoms with Crippen molar-refractivity contribution in [2.75, 3.05) is 0 Å². The molecule has 1 aliphatic rings. The van der Waals surface area contributed by atoms with Gasteiger partial charge in [0.15, 0.2) is 0 Å². The fourth-order valence-electron chi connectivity index (χ4n) is 0.376. The Balaban J connectivity index is 2.51. The van der Waals surface area contributed by atoms with Crippen LogP contribution in [0.5, 0.6) is 0 Å². The van der Waals surface area contributed by atoms with E-state index in [1.165, 1.54) is 11.8 Å². The van der Waals surface area contributed by atoms with Crippen molar-refractivity contribution >= 4 is 24.3 Å².